The lowest BCUT2D eigenvalue weighted by molar-refractivity contribution is -0.629. The number of amides is 1. The summed E-state index contributed by atoms with van der Waals surface area (Å²) in [5.41, 5.74) is -3.40. The molecule has 1 unspecified atom stereocenters. The Morgan fingerprint density at radius 3 is 2.38 bits per heavy atom. The molecule has 2 atom stereocenters. The number of halogens is 7. The third-order valence-corrected chi connectivity index (χ3v) is 4.58. The van der Waals surface area contributed by atoms with E-state index in [9.17, 15) is 45.8 Å². The van der Waals surface area contributed by atoms with E-state index < -0.39 is 57.9 Å². The third-order valence-electron chi connectivity index (χ3n) is 4.58. The standard InChI is InChI=1S/C19H14F7N5O3/c1-9(10-2-4-13(18(21,22)23)31(34)7-10)28-17(33)12-8-30(14-5-3-11(20)6-27-14)29-15(12)16(32)19(24,25)26/h2-9,16,32H,1H3,(H,28,33)/t9-,16?/m1/s1. The first-order valence-corrected chi connectivity index (χ1v) is 9.26. The van der Waals surface area contributed by atoms with Gasteiger partial charge in [-0.2, -0.15) is 36.2 Å². The molecule has 0 saturated carbocycles. The number of alkyl halides is 6. The van der Waals surface area contributed by atoms with Crippen molar-refractivity contribution in [2.24, 2.45) is 0 Å². The molecule has 0 aliphatic rings. The van der Waals surface area contributed by atoms with Crippen LogP contribution in [0.5, 0.6) is 0 Å². The van der Waals surface area contributed by atoms with Crippen LogP contribution in [0.2, 0.25) is 0 Å². The Hall–Kier alpha value is -3.75. The number of carbonyl (C=O) groups excluding carboxylic acids is 1. The lowest BCUT2D eigenvalue weighted by atomic mass is 10.1. The molecule has 3 aromatic heterocycles. The maximum absolute atomic E-state index is 13.1. The minimum atomic E-state index is -5.20. The maximum atomic E-state index is 13.1. The second kappa shape index (κ2) is 8.89. The Morgan fingerprint density at radius 2 is 1.85 bits per heavy atom. The molecule has 3 heterocycles. The van der Waals surface area contributed by atoms with E-state index in [4.69, 9.17) is 0 Å². The average molecular weight is 493 g/mol. The number of rotatable bonds is 5. The van der Waals surface area contributed by atoms with Gasteiger partial charge in [0.25, 0.3) is 11.6 Å². The average Bonchev–Trinajstić information content (AvgIpc) is 3.17. The zero-order valence-corrected chi connectivity index (χ0v) is 16.9. The van der Waals surface area contributed by atoms with Crippen molar-refractivity contribution in [2.45, 2.75) is 31.4 Å². The molecule has 3 aromatic rings. The van der Waals surface area contributed by atoms with Gasteiger partial charge in [0.2, 0.25) is 0 Å². The Kier molecular flexibility index (Phi) is 6.50. The predicted octanol–water partition coefficient (Wildman–Crippen LogP) is 3.15. The molecule has 0 fully saturated rings. The summed E-state index contributed by atoms with van der Waals surface area (Å²) in [5, 5.41) is 27.1. The van der Waals surface area contributed by atoms with Crippen LogP contribution in [-0.4, -0.2) is 32.0 Å². The number of carbonyl (C=O) groups is 1. The molecule has 2 N–H and O–H groups in total. The Morgan fingerprint density at radius 1 is 1.18 bits per heavy atom. The van der Waals surface area contributed by atoms with Gasteiger partial charge >= 0.3 is 12.4 Å². The highest BCUT2D eigenvalue weighted by molar-refractivity contribution is 5.95. The zero-order valence-electron chi connectivity index (χ0n) is 16.9. The molecule has 0 radical (unpaired) electrons. The molecule has 8 nitrogen and oxygen atoms in total. The highest BCUT2D eigenvalue weighted by Gasteiger charge is 2.44. The van der Waals surface area contributed by atoms with Crippen molar-refractivity contribution in [2.75, 3.05) is 0 Å². The van der Waals surface area contributed by atoms with Crippen LogP contribution in [0.4, 0.5) is 30.7 Å². The highest BCUT2D eigenvalue weighted by Crippen LogP contribution is 2.34. The molecule has 34 heavy (non-hydrogen) atoms. The normalized spacial score (nSPS) is 14.0. The van der Waals surface area contributed by atoms with Crippen molar-refractivity contribution in [3.63, 3.8) is 0 Å². The fourth-order valence-electron chi connectivity index (χ4n) is 2.87. The van der Waals surface area contributed by atoms with Gasteiger partial charge in [0.05, 0.1) is 17.8 Å². The summed E-state index contributed by atoms with van der Waals surface area (Å²) in [6.45, 7) is 1.27. The van der Waals surface area contributed by atoms with Crippen molar-refractivity contribution >= 4 is 5.91 Å². The van der Waals surface area contributed by atoms with Crippen LogP contribution in [0.3, 0.4) is 0 Å². The van der Waals surface area contributed by atoms with Gasteiger partial charge in [-0.1, -0.05) is 0 Å². The van der Waals surface area contributed by atoms with Crippen molar-refractivity contribution in [1.82, 2.24) is 20.1 Å². The third kappa shape index (κ3) is 5.24. The number of hydrogen-bond donors (Lipinski definition) is 2. The van der Waals surface area contributed by atoms with Crippen LogP contribution in [0.15, 0.2) is 42.9 Å². The second-order valence-corrected chi connectivity index (χ2v) is 7.02. The van der Waals surface area contributed by atoms with Crippen molar-refractivity contribution in [3.05, 3.63) is 76.4 Å². The van der Waals surface area contributed by atoms with Gasteiger partial charge in [-0.3, -0.25) is 4.79 Å². The summed E-state index contributed by atoms with van der Waals surface area (Å²) >= 11 is 0. The number of aromatic nitrogens is 4. The van der Waals surface area contributed by atoms with Crippen LogP contribution in [-0.2, 0) is 6.18 Å². The number of nitrogens with one attached hydrogen (secondary N) is 1. The second-order valence-electron chi connectivity index (χ2n) is 7.02. The zero-order chi connectivity index (χ0) is 25.4. The van der Waals surface area contributed by atoms with Gasteiger partial charge in [-0.25, -0.2) is 14.1 Å². The van der Waals surface area contributed by atoms with E-state index in [0.29, 0.717) is 16.9 Å². The summed E-state index contributed by atoms with van der Waals surface area (Å²) in [6, 6.07) is 2.28. The largest absolute Gasteiger partial charge is 0.618 e. The van der Waals surface area contributed by atoms with Gasteiger partial charge < -0.3 is 15.6 Å². The van der Waals surface area contributed by atoms with Gasteiger partial charge in [0.15, 0.2) is 18.1 Å². The van der Waals surface area contributed by atoms with E-state index in [1.54, 1.807) is 0 Å². The number of hydrogen-bond acceptors (Lipinski definition) is 5. The van der Waals surface area contributed by atoms with Gasteiger partial charge in [-0.05, 0) is 25.1 Å². The molecule has 15 heteroatoms. The molecule has 0 aliphatic heterocycles. The SMILES string of the molecule is C[C@@H](NC(=O)c1cn(-c2ccc(F)cn2)nc1C(O)C(F)(F)F)c1ccc(C(F)(F)F)[n+]([O-])c1. The lowest BCUT2D eigenvalue weighted by Gasteiger charge is -2.16. The Balaban J connectivity index is 1.93. The molecular weight excluding hydrogens is 479 g/mol. The molecule has 0 spiro atoms. The van der Waals surface area contributed by atoms with E-state index in [0.717, 1.165) is 30.6 Å². The summed E-state index contributed by atoms with van der Waals surface area (Å²) in [7, 11) is 0. The fourth-order valence-corrected chi connectivity index (χ4v) is 2.87. The first-order valence-electron chi connectivity index (χ1n) is 9.26. The summed E-state index contributed by atoms with van der Waals surface area (Å²) in [4.78, 5) is 16.3. The van der Waals surface area contributed by atoms with E-state index in [-0.39, 0.29) is 11.4 Å². The van der Waals surface area contributed by atoms with Crippen molar-refractivity contribution < 1.29 is 45.4 Å². The highest BCUT2D eigenvalue weighted by atomic mass is 19.4. The monoisotopic (exact) mass is 493 g/mol. The number of aliphatic hydroxyl groups is 1. The first-order chi connectivity index (χ1) is 15.7. The van der Waals surface area contributed by atoms with Crippen molar-refractivity contribution in [1.29, 1.82) is 0 Å². The first kappa shape index (κ1) is 24.9. The number of aliphatic hydroxyl groups excluding tert-OH is 1. The molecule has 0 bridgehead atoms. The van der Waals surface area contributed by atoms with Crippen molar-refractivity contribution in [3.8, 4) is 5.82 Å². The summed E-state index contributed by atoms with van der Waals surface area (Å²) in [5.74, 6) is -2.10. The van der Waals surface area contributed by atoms with Crippen LogP contribution in [0.1, 0.15) is 46.4 Å². The fraction of sp³-hybridized carbons (Fsp3) is 0.263. The Bertz CT molecular complexity index is 1190. The van der Waals surface area contributed by atoms with E-state index in [1.165, 1.54) is 6.92 Å². The Labute approximate surface area is 185 Å². The molecule has 0 aromatic carbocycles. The molecular formula is C19H14F7N5O3. The van der Waals surface area contributed by atoms with Crippen LogP contribution < -0.4 is 10.0 Å². The van der Waals surface area contributed by atoms with E-state index in [2.05, 4.69) is 15.4 Å². The minimum absolute atomic E-state index is 0.0816. The molecule has 182 valence electrons. The quantitative estimate of drug-likeness (QED) is 0.323. The van der Waals surface area contributed by atoms with Gasteiger partial charge in [0, 0.05) is 17.8 Å². The molecule has 0 saturated heterocycles. The predicted molar refractivity (Wildman–Crippen MR) is 98.6 cm³/mol. The van der Waals surface area contributed by atoms with Gasteiger partial charge in [0.1, 0.15) is 11.5 Å². The smallest absolute Gasteiger partial charge is 0.478 e. The lowest BCUT2D eigenvalue weighted by Crippen LogP contribution is -2.38. The summed E-state index contributed by atoms with van der Waals surface area (Å²) in [6.07, 6.45) is -11.2. The number of pyridine rings is 2. The number of nitrogens with zero attached hydrogens (tertiary/aromatic N) is 4. The van der Waals surface area contributed by atoms with Crippen LogP contribution in [0.25, 0.3) is 5.82 Å². The molecule has 0 aliphatic carbocycles. The molecule has 3 rings (SSSR count). The summed E-state index contributed by atoms with van der Waals surface area (Å²) < 4.78 is 91.0. The molecule has 1 amide bonds. The minimum Gasteiger partial charge on any atom is -0.618 e. The van der Waals surface area contributed by atoms with Gasteiger partial charge in [-0.15, -0.1) is 0 Å². The van der Waals surface area contributed by atoms with Crippen LogP contribution in [0, 0.1) is 11.0 Å². The van der Waals surface area contributed by atoms with E-state index in [1.807, 2.05) is 0 Å². The topological polar surface area (TPSA) is 107 Å². The van der Waals surface area contributed by atoms with Crippen LogP contribution >= 0.6 is 0 Å². The van der Waals surface area contributed by atoms with E-state index >= 15 is 0 Å². The maximum Gasteiger partial charge on any atom is 0.478 e.